The molecule has 4 rings (SSSR count). The van der Waals surface area contributed by atoms with Gasteiger partial charge in [-0.15, -0.1) is 0 Å². The first-order valence-electron chi connectivity index (χ1n) is 8.70. The molecule has 0 aliphatic heterocycles. The highest BCUT2D eigenvalue weighted by atomic mass is 16.3. The van der Waals surface area contributed by atoms with Crippen LogP contribution in [0.25, 0.3) is 0 Å². The molecule has 2 aromatic rings. The molecule has 0 aromatic heterocycles. The second kappa shape index (κ2) is 7.62. The van der Waals surface area contributed by atoms with Gasteiger partial charge >= 0.3 is 0 Å². The lowest BCUT2D eigenvalue weighted by Gasteiger charge is -2.16. The summed E-state index contributed by atoms with van der Waals surface area (Å²) in [7, 11) is 0. The third kappa shape index (κ3) is 3.64. The van der Waals surface area contributed by atoms with Crippen molar-refractivity contribution in [3.63, 3.8) is 0 Å². The molecule has 4 heteroatoms. The lowest BCUT2D eigenvalue weighted by molar-refractivity contribution is 0.0963. The molecule has 2 N–H and O–H groups in total. The van der Waals surface area contributed by atoms with Gasteiger partial charge in [0.25, 0.3) is 0 Å². The Labute approximate surface area is 147 Å². The monoisotopic (exact) mass is 338 g/mol. The highest BCUT2D eigenvalue weighted by Gasteiger charge is 2.19. The molecule has 130 valence electrons. The Bertz CT molecular complexity index is 808. The topological polar surface area (TPSA) is 74.6 Å². The summed E-state index contributed by atoms with van der Waals surface area (Å²) in [5.41, 5.74) is 4.32. The van der Waals surface area contributed by atoms with Gasteiger partial charge in [-0.1, -0.05) is 30.3 Å². The SMILES string of the molecule is O=C1CCCc2c(CO)cccc21.O=C1CCCc2c(O)cccc21. The zero-order valence-corrected chi connectivity index (χ0v) is 14.1. The first-order valence-corrected chi connectivity index (χ1v) is 8.70. The lowest BCUT2D eigenvalue weighted by Crippen LogP contribution is -2.12. The minimum atomic E-state index is 0.0381. The maximum absolute atomic E-state index is 11.5. The van der Waals surface area contributed by atoms with Gasteiger partial charge in [0.15, 0.2) is 11.6 Å². The van der Waals surface area contributed by atoms with E-state index in [-0.39, 0.29) is 23.9 Å². The van der Waals surface area contributed by atoms with Crippen molar-refractivity contribution in [1.29, 1.82) is 0 Å². The van der Waals surface area contributed by atoms with Crippen molar-refractivity contribution in [2.45, 2.75) is 45.1 Å². The molecule has 0 saturated heterocycles. The summed E-state index contributed by atoms with van der Waals surface area (Å²) in [5.74, 6) is 0.643. The van der Waals surface area contributed by atoms with E-state index in [1.54, 1.807) is 18.2 Å². The van der Waals surface area contributed by atoms with Crippen molar-refractivity contribution in [1.82, 2.24) is 0 Å². The minimum Gasteiger partial charge on any atom is -0.508 e. The van der Waals surface area contributed by atoms with Crippen molar-refractivity contribution >= 4 is 11.6 Å². The van der Waals surface area contributed by atoms with Crippen LogP contribution in [0.4, 0.5) is 0 Å². The van der Waals surface area contributed by atoms with E-state index < -0.39 is 0 Å². The number of aromatic hydroxyl groups is 1. The Morgan fingerprint density at radius 3 is 1.92 bits per heavy atom. The molecular weight excluding hydrogens is 316 g/mol. The molecule has 2 aliphatic carbocycles. The molecule has 0 unspecified atom stereocenters. The number of hydrogen-bond acceptors (Lipinski definition) is 4. The molecule has 0 heterocycles. The molecule has 25 heavy (non-hydrogen) atoms. The van der Waals surface area contributed by atoms with E-state index in [1.807, 2.05) is 18.2 Å². The maximum Gasteiger partial charge on any atom is 0.163 e. The number of hydrogen-bond donors (Lipinski definition) is 2. The minimum absolute atomic E-state index is 0.0381. The van der Waals surface area contributed by atoms with Crippen LogP contribution < -0.4 is 0 Å². The van der Waals surface area contributed by atoms with E-state index in [0.717, 1.165) is 47.9 Å². The van der Waals surface area contributed by atoms with Gasteiger partial charge in [0.1, 0.15) is 5.75 Å². The highest BCUT2D eigenvalue weighted by Crippen LogP contribution is 2.28. The molecule has 0 radical (unpaired) electrons. The molecule has 0 atom stereocenters. The van der Waals surface area contributed by atoms with Gasteiger partial charge in [-0.3, -0.25) is 9.59 Å². The number of fused-ring (bicyclic) bond motifs is 2. The number of ketones is 2. The van der Waals surface area contributed by atoms with E-state index in [4.69, 9.17) is 5.11 Å². The molecule has 2 aromatic carbocycles. The van der Waals surface area contributed by atoms with Crippen LogP contribution >= 0.6 is 0 Å². The number of phenolic OH excluding ortho intramolecular Hbond substituents is 1. The fraction of sp³-hybridized carbons (Fsp3) is 0.333. The van der Waals surface area contributed by atoms with Crippen LogP contribution in [0.15, 0.2) is 36.4 Å². The smallest absolute Gasteiger partial charge is 0.163 e. The average Bonchev–Trinajstić information content (AvgIpc) is 2.63. The summed E-state index contributed by atoms with van der Waals surface area (Å²) in [4.78, 5) is 22.8. The Kier molecular flexibility index (Phi) is 5.29. The van der Waals surface area contributed by atoms with Crippen LogP contribution in [-0.2, 0) is 19.4 Å². The molecule has 0 spiro atoms. The second-order valence-corrected chi connectivity index (χ2v) is 6.46. The van der Waals surface area contributed by atoms with Crippen LogP contribution in [0, 0.1) is 0 Å². The molecule has 2 aliphatic rings. The Balaban J connectivity index is 0.000000146. The summed E-state index contributed by atoms with van der Waals surface area (Å²) in [6.07, 6.45) is 4.82. The number of carbonyl (C=O) groups is 2. The Morgan fingerprint density at radius 1 is 0.760 bits per heavy atom. The fourth-order valence-electron chi connectivity index (χ4n) is 3.56. The first-order chi connectivity index (χ1) is 12.1. The standard InChI is InChI=1S/C11H12O2.C10H10O2/c12-7-8-3-1-5-10-9(8)4-2-6-11(10)13;11-9-5-1-3-7-8(9)4-2-6-10(7)12/h1,3,5,12H,2,4,6-7H2;1,3,5,11H,2,4,6H2. The number of aliphatic hydroxyl groups excluding tert-OH is 1. The maximum atomic E-state index is 11.5. The van der Waals surface area contributed by atoms with Crippen LogP contribution in [-0.4, -0.2) is 21.8 Å². The predicted octanol–water partition coefficient (Wildman–Crippen LogP) is 3.61. The van der Waals surface area contributed by atoms with Crippen LogP contribution in [0.5, 0.6) is 5.75 Å². The number of rotatable bonds is 1. The lowest BCUT2D eigenvalue weighted by atomic mass is 9.87. The number of carbonyl (C=O) groups excluding carboxylic acids is 2. The average molecular weight is 338 g/mol. The summed E-state index contributed by atoms with van der Waals surface area (Å²) in [6, 6.07) is 10.7. The van der Waals surface area contributed by atoms with E-state index in [2.05, 4.69) is 0 Å². The number of phenols is 1. The zero-order chi connectivity index (χ0) is 17.8. The number of benzene rings is 2. The van der Waals surface area contributed by atoms with Gasteiger partial charge in [-0.2, -0.15) is 0 Å². The summed E-state index contributed by atoms with van der Waals surface area (Å²) >= 11 is 0. The quantitative estimate of drug-likeness (QED) is 0.833. The molecule has 0 bridgehead atoms. The van der Waals surface area contributed by atoms with Gasteiger partial charge in [0.05, 0.1) is 6.61 Å². The van der Waals surface area contributed by atoms with Gasteiger partial charge in [0, 0.05) is 29.5 Å². The van der Waals surface area contributed by atoms with E-state index >= 15 is 0 Å². The second-order valence-electron chi connectivity index (χ2n) is 6.46. The largest absolute Gasteiger partial charge is 0.508 e. The van der Waals surface area contributed by atoms with Crippen LogP contribution in [0.2, 0.25) is 0 Å². The molecule has 0 saturated carbocycles. The van der Waals surface area contributed by atoms with Gasteiger partial charge in [0.2, 0.25) is 0 Å². The third-order valence-corrected chi connectivity index (χ3v) is 4.86. The normalized spacial score (nSPS) is 15.7. The van der Waals surface area contributed by atoms with Gasteiger partial charge < -0.3 is 10.2 Å². The van der Waals surface area contributed by atoms with E-state index in [9.17, 15) is 14.7 Å². The summed E-state index contributed by atoms with van der Waals surface area (Å²) in [5, 5.41) is 18.5. The molecule has 0 fully saturated rings. The first kappa shape index (κ1) is 17.4. The number of Topliss-reactive ketones (excluding diaryl/α,β-unsaturated/α-hetero) is 2. The fourth-order valence-corrected chi connectivity index (χ4v) is 3.56. The Morgan fingerprint density at radius 2 is 1.32 bits per heavy atom. The molecule has 0 amide bonds. The van der Waals surface area contributed by atoms with E-state index in [0.29, 0.717) is 18.4 Å². The van der Waals surface area contributed by atoms with Crippen molar-refractivity contribution < 1.29 is 19.8 Å². The van der Waals surface area contributed by atoms with Gasteiger partial charge in [-0.05, 0) is 42.9 Å². The predicted molar refractivity (Wildman–Crippen MR) is 95.0 cm³/mol. The zero-order valence-electron chi connectivity index (χ0n) is 14.1. The Hall–Kier alpha value is -2.46. The highest BCUT2D eigenvalue weighted by molar-refractivity contribution is 5.99. The molecular formula is C21H22O4. The van der Waals surface area contributed by atoms with Crippen molar-refractivity contribution in [2.75, 3.05) is 0 Å². The van der Waals surface area contributed by atoms with Crippen LogP contribution in [0.3, 0.4) is 0 Å². The van der Waals surface area contributed by atoms with Crippen LogP contribution in [0.1, 0.15) is 63.1 Å². The molecule has 4 nitrogen and oxygen atoms in total. The van der Waals surface area contributed by atoms with Gasteiger partial charge in [-0.25, -0.2) is 0 Å². The summed E-state index contributed by atoms with van der Waals surface area (Å²) < 4.78 is 0. The van der Waals surface area contributed by atoms with Crippen molar-refractivity contribution in [3.05, 3.63) is 64.2 Å². The third-order valence-electron chi connectivity index (χ3n) is 4.86. The summed E-state index contributed by atoms with van der Waals surface area (Å²) in [6.45, 7) is 0.0381. The van der Waals surface area contributed by atoms with Crippen molar-refractivity contribution in [3.8, 4) is 5.75 Å². The van der Waals surface area contributed by atoms with E-state index in [1.165, 1.54) is 0 Å². The number of aliphatic hydroxyl groups is 1. The van der Waals surface area contributed by atoms with Crippen molar-refractivity contribution in [2.24, 2.45) is 0 Å².